The molecule has 1 fully saturated rings. The smallest absolute Gasteiger partial charge is 0.251 e. The number of hydrogen-bond donors (Lipinski definition) is 1. The summed E-state index contributed by atoms with van der Waals surface area (Å²) in [6, 6.07) is 0. The van der Waals surface area contributed by atoms with Gasteiger partial charge in [-0.25, -0.2) is 13.8 Å². The van der Waals surface area contributed by atoms with Gasteiger partial charge in [0.15, 0.2) is 5.13 Å². The third-order valence-electron chi connectivity index (χ3n) is 2.81. The van der Waals surface area contributed by atoms with Gasteiger partial charge in [-0.3, -0.25) is 9.80 Å². The van der Waals surface area contributed by atoms with Crippen molar-refractivity contribution in [2.75, 3.05) is 38.5 Å². The predicted molar refractivity (Wildman–Crippen MR) is 64.2 cm³/mol. The summed E-state index contributed by atoms with van der Waals surface area (Å²) in [6.07, 6.45) is -0.450. The van der Waals surface area contributed by atoms with Crippen molar-refractivity contribution in [1.82, 2.24) is 14.8 Å². The number of nitrogen functional groups attached to an aromatic ring is 1. The molecule has 2 heterocycles. The molecule has 2 rings (SSSR count). The third kappa shape index (κ3) is 3.86. The quantitative estimate of drug-likeness (QED) is 0.883. The first-order valence-corrected chi connectivity index (χ1v) is 6.38. The summed E-state index contributed by atoms with van der Waals surface area (Å²) in [5.41, 5.74) is 5.56. The van der Waals surface area contributed by atoms with Gasteiger partial charge in [0.25, 0.3) is 6.43 Å². The number of aromatic nitrogens is 1. The number of rotatable bonds is 4. The van der Waals surface area contributed by atoms with Crippen LogP contribution in [0.15, 0.2) is 6.20 Å². The predicted octanol–water partition coefficient (Wildman–Crippen LogP) is 1.11. The summed E-state index contributed by atoms with van der Waals surface area (Å²) in [4.78, 5) is 9.18. The molecule has 4 nitrogen and oxygen atoms in total. The van der Waals surface area contributed by atoms with Gasteiger partial charge in [-0.1, -0.05) is 0 Å². The van der Waals surface area contributed by atoms with Gasteiger partial charge in [-0.15, -0.1) is 11.3 Å². The van der Waals surface area contributed by atoms with Crippen LogP contribution in [0.1, 0.15) is 4.88 Å². The second-order valence-corrected chi connectivity index (χ2v) is 5.28. The van der Waals surface area contributed by atoms with Crippen molar-refractivity contribution in [2.24, 2.45) is 0 Å². The van der Waals surface area contributed by atoms with Crippen LogP contribution in [0.4, 0.5) is 13.9 Å². The molecule has 0 saturated carbocycles. The highest BCUT2D eigenvalue weighted by molar-refractivity contribution is 7.15. The molecule has 0 amide bonds. The van der Waals surface area contributed by atoms with E-state index in [0.717, 1.165) is 24.5 Å². The Morgan fingerprint density at radius 1 is 1.29 bits per heavy atom. The molecule has 17 heavy (non-hydrogen) atoms. The lowest BCUT2D eigenvalue weighted by Gasteiger charge is -2.34. The SMILES string of the molecule is Nc1ncc(CN2CCN(CC(F)F)CC2)s1. The second kappa shape index (κ2) is 5.70. The summed E-state index contributed by atoms with van der Waals surface area (Å²) in [6.45, 7) is 3.77. The Bertz CT molecular complexity index is 350. The molecule has 0 spiro atoms. The van der Waals surface area contributed by atoms with E-state index in [1.54, 1.807) is 6.20 Å². The average Bonchev–Trinajstić information content (AvgIpc) is 2.66. The van der Waals surface area contributed by atoms with Gasteiger partial charge in [0.2, 0.25) is 0 Å². The molecular formula is C10H16F2N4S. The summed E-state index contributed by atoms with van der Waals surface area (Å²) < 4.78 is 24.4. The van der Waals surface area contributed by atoms with Crippen LogP contribution < -0.4 is 5.73 Å². The second-order valence-electron chi connectivity index (χ2n) is 4.13. The minimum Gasteiger partial charge on any atom is -0.375 e. The van der Waals surface area contributed by atoms with E-state index in [2.05, 4.69) is 9.88 Å². The zero-order valence-corrected chi connectivity index (χ0v) is 10.3. The summed E-state index contributed by atoms with van der Waals surface area (Å²) in [5.74, 6) is 0. The maximum atomic E-state index is 12.2. The molecule has 0 unspecified atom stereocenters. The van der Waals surface area contributed by atoms with Crippen LogP contribution in [0.5, 0.6) is 0 Å². The van der Waals surface area contributed by atoms with Crippen molar-refractivity contribution in [3.8, 4) is 0 Å². The van der Waals surface area contributed by atoms with E-state index in [0.29, 0.717) is 18.2 Å². The van der Waals surface area contributed by atoms with Gasteiger partial charge in [0.05, 0.1) is 6.54 Å². The van der Waals surface area contributed by atoms with E-state index >= 15 is 0 Å². The molecule has 0 aromatic carbocycles. The van der Waals surface area contributed by atoms with Crippen LogP contribution >= 0.6 is 11.3 Å². The maximum absolute atomic E-state index is 12.2. The molecule has 1 aromatic rings. The Balaban J connectivity index is 1.75. The number of halogens is 2. The molecule has 0 atom stereocenters. The Kier molecular flexibility index (Phi) is 4.25. The van der Waals surface area contributed by atoms with Crippen LogP contribution in [-0.2, 0) is 6.54 Å². The van der Waals surface area contributed by atoms with E-state index in [-0.39, 0.29) is 6.54 Å². The average molecular weight is 262 g/mol. The van der Waals surface area contributed by atoms with E-state index < -0.39 is 6.43 Å². The van der Waals surface area contributed by atoms with Gasteiger partial charge in [0.1, 0.15) is 0 Å². The normalized spacial score (nSPS) is 19.0. The largest absolute Gasteiger partial charge is 0.375 e. The minimum absolute atomic E-state index is 0.110. The summed E-state index contributed by atoms with van der Waals surface area (Å²) >= 11 is 1.48. The van der Waals surface area contributed by atoms with Crippen LogP contribution in [0, 0.1) is 0 Å². The summed E-state index contributed by atoms with van der Waals surface area (Å²) in [5, 5.41) is 0.580. The summed E-state index contributed by atoms with van der Waals surface area (Å²) in [7, 11) is 0. The standard InChI is InChI=1S/C10H16F2N4S/c11-9(12)7-16-3-1-15(2-4-16)6-8-5-14-10(13)17-8/h5,9H,1-4,6-7H2,(H2,13,14). The monoisotopic (exact) mass is 262 g/mol. The molecule has 0 bridgehead atoms. The van der Waals surface area contributed by atoms with Crippen molar-refractivity contribution in [3.05, 3.63) is 11.1 Å². The fourth-order valence-corrected chi connectivity index (χ4v) is 2.67. The van der Waals surface area contributed by atoms with Crippen molar-refractivity contribution in [1.29, 1.82) is 0 Å². The van der Waals surface area contributed by atoms with Crippen molar-refractivity contribution in [2.45, 2.75) is 13.0 Å². The molecule has 0 radical (unpaired) electrons. The van der Waals surface area contributed by atoms with Crippen molar-refractivity contribution >= 4 is 16.5 Å². The number of piperazine rings is 1. The number of nitrogens with zero attached hydrogens (tertiary/aromatic N) is 3. The number of hydrogen-bond acceptors (Lipinski definition) is 5. The highest BCUT2D eigenvalue weighted by Crippen LogP contribution is 2.17. The van der Waals surface area contributed by atoms with Gasteiger partial charge >= 0.3 is 0 Å². The first kappa shape index (κ1) is 12.7. The van der Waals surface area contributed by atoms with Crippen molar-refractivity contribution in [3.63, 3.8) is 0 Å². The van der Waals surface area contributed by atoms with Gasteiger partial charge < -0.3 is 5.73 Å². The maximum Gasteiger partial charge on any atom is 0.251 e. The van der Waals surface area contributed by atoms with Crippen molar-refractivity contribution < 1.29 is 8.78 Å². The number of thiazole rings is 1. The Morgan fingerprint density at radius 3 is 2.47 bits per heavy atom. The van der Waals surface area contributed by atoms with E-state index in [9.17, 15) is 8.78 Å². The van der Waals surface area contributed by atoms with E-state index in [1.807, 2.05) is 4.90 Å². The highest BCUT2D eigenvalue weighted by Gasteiger charge is 2.19. The Labute approximate surface area is 103 Å². The van der Waals surface area contributed by atoms with Gasteiger partial charge in [-0.2, -0.15) is 0 Å². The fraction of sp³-hybridized carbons (Fsp3) is 0.700. The molecule has 7 heteroatoms. The first-order chi connectivity index (χ1) is 8.13. The lowest BCUT2D eigenvalue weighted by molar-refractivity contribution is 0.0546. The molecular weight excluding hydrogens is 246 g/mol. The van der Waals surface area contributed by atoms with Gasteiger partial charge in [0, 0.05) is 43.8 Å². The Hall–Kier alpha value is -0.790. The zero-order valence-electron chi connectivity index (χ0n) is 9.48. The number of anilines is 1. The molecule has 1 aliphatic heterocycles. The lowest BCUT2D eigenvalue weighted by atomic mass is 10.3. The van der Waals surface area contributed by atoms with Crippen LogP contribution in [0.2, 0.25) is 0 Å². The first-order valence-electron chi connectivity index (χ1n) is 5.56. The van der Waals surface area contributed by atoms with Gasteiger partial charge in [-0.05, 0) is 0 Å². The molecule has 1 saturated heterocycles. The molecule has 96 valence electrons. The van der Waals surface area contributed by atoms with E-state index in [4.69, 9.17) is 5.73 Å². The number of nitrogens with two attached hydrogens (primary N) is 1. The lowest BCUT2D eigenvalue weighted by Crippen LogP contribution is -2.47. The highest BCUT2D eigenvalue weighted by atomic mass is 32.1. The fourth-order valence-electron chi connectivity index (χ4n) is 1.94. The zero-order chi connectivity index (χ0) is 12.3. The molecule has 1 aliphatic rings. The Morgan fingerprint density at radius 2 is 1.94 bits per heavy atom. The molecule has 0 aliphatic carbocycles. The van der Waals surface area contributed by atoms with E-state index in [1.165, 1.54) is 11.3 Å². The minimum atomic E-state index is -2.23. The third-order valence-corrected chi connectivity index (χ3v) is 3.62. The molecule has 2 N–H and O–H groups in total. The number of alkyl halides is 2. The molecule has 1 aromatic heterocycles. The topological polar surface area (TPSA) is 45.4 Å². The van der Waals surface area contributed by atoms with Crippen LogP contribution in [0.3, 0.4) is 0 Å². The van der Waals surface area contributed by atoms with Crippen LogP contribution in [-0.4, -0.2) is 53.9 Å². The van der Waals surface area contributed by atoms with Crippen LogP contribution in [0.25, 0.3) is 0 Å².